The maximum absolute atomic E-state index is 15.2. The van der Waals surface area contributed by atoms with E-state index in [2.05, 4.69) is 6.58 Å². The molecule has 0 heterocycles. The highest BCUT2D eigenvalue weighted by Gasteiger charge is 2.11. The van der Waals surface area contributed by atoms with Gasteiger partial charge in [-0.2, -0.15) is 0 Å². The zero-order valence-electron chi connectivity index (χ0n) is 15.8. The minimum absolute atomic E-state index is 0.276. The van der Waals surface area contributed by atoms with Crippen LogP contribution in [0.15, 0.2) is 85.5 Å². The van der Waals surface area contributed by atoms with Crippen molar-refractivity contribution in [2.24, 2.45) is 0 Å². The number of rotatable bonds is 5. The van der Waals surface area contributed by atoms with Crippen LogP contribution in [-0.4, -0.2) is 0 Å². The van der Waals surface area contributed by atoms with Gasteiger partial charge in [0.15, 0.2) is 0 Å². The third-order valence-corrected chi connectivity index (χ3v) is 5.05. The highest BCUT2D eigenvalue weighted by molar-refractivity contribution is 5.89. The summed E-state index contributed by atoms with van der Waals surface area (Å²) >= 11 is 0. The van der Waals surface area contributed by atoms with Gasteiger partial charge in [-0.3, -0.25) is 0 Å². The Morgan fingerprint density at radius 1 is 0.690 bits per heavy atom. The van der Waals surface area contributed by atoms with E-state index in [0.29, 0.717) is 27.6 Å². The highest BCUT2D eigenvalue weighted by atomic mass is 19.1. The third-order valence-electron chi connectivity index (χ3n) is 5.05. The molecule has 0 nitrogen and oxygen atoms in total. The highest BCUT2D eigenvalue weighted by Crippen LogP contribution is 2.31. The summed E-state index contributed by atoms with van der Waals surface area (Å²) in [6.45, 7) is 3.73. The SMILES string of the molecule is C=CCCc1ccc2c(F)c(-c3ccc(-c4cc(F)cc(F)c4)cc3)ccc2c1. The second-order valence-corrected chi connectivity index (χ2v) is 7.05. The molecule has 0 saturated carbocycles. The van der Waals surface area contributed by atoms with Crippen molar-refractivity contribution in [1.29, 1.82) is 0 Å². The Labute approximate surface area is 167 Å². The molecule has 144 valence electrons. The Balaban J connectivity index is 1.69. The lowest BCUT2D eigenvalue weighted by Crippen LogP contribution is -1.90. The molecule has 0 radical (unpaired) electrons. The third kappa shape index (κ3) is 3.95. The quantitative estimate of drug-likeness (QED) is 0.307. The van der Waals surface area contributed by atoms with Gasteiger partial charge in [0.05, 0.1) is 0 Å². The van der Waals surface area contributed by atoms with Crippen LogP contribution in [0.1, 0.15) is 12.0 Å². The van der Waals surface area contributed by atoms with Crippen LogP contribution in [0.5, 0.6) is 0 Å². The summed E-state index contributed by atoms with van der Waals surface area (Å²) in [4.78, 5) is 0. The number of allylic oxidation sites excluding steroid dienone is 1. The fourth-order valence-electron chi connectivity index (χ4n) is 3.55. The number of hydrogen-bond acceptors (Lipinski definition) is 0. The Morgan fingerprint density at radius 2 is 1.38 bits per heavy atom. The second kappa shape index (κ2) is 7.96. The topological polar surface area (TPSA) is 0 Å². The van der Waals surface area contributed by atoms with Crippen LogP contribution >= 0.6 is 0 Å². The van der Waals surface area contributed by atoms with E-state index < -0.39 is 11.6 Å². The zero-order valence-corrected chi connectivity index (χ0v) is 15.8. The lowest BCUT2D eigenvalue weighted by Gasteiger charge is -2.10. The fourth-order valence-corrected chi connectivity index (χ4v) is 3.55. The summed E-state index contributed by atoms with van der Waals surface area (Å²) in [7, 11) is 0. The molecule has 3 heteroatoms. The van der Waals surface area contributed by atoms with Gasteiger partial charge in [-0.05, 0) is 52.6 Å². The number of fused-ring (bicyclic) bond motifs is 1. The first-order valence-electron chi connectivity index (χ1n) is 9.44. The molecule has 0 N–H and O–H groups in total. The molecule has 4 aromatic carbocycles. The Hall–Kier alpha value is -3.33. The molecule has 4 rings (SSSR count). The van der Waals surface area contributed by atoms with Crippen molar-refractivity contribution < 1.29 is 13.2 Å². The van der Waals surface area contributed by atoms with Gasteiger partial charge in [-0.15, -0.1) is 6.58 Å². The van der Waals surface area contributed by atoms with Crippen LogP contribution in [0.3, 0.4) is 0 Å². The number of halogens is 3. The van der Waals surface area contributed by atoms with Gasteiger partial charge in [-0.25, -0.2) is 13.2 Å². The maximum atomic E-state index is 15.2. The molecule has 0 aromatic heterocycles. The van der Waals surface area contributed by atoms with Crippen molar-refractivity contribution in [2.75, 3.05) is 0 Å². The fraction of sp³-hybridized carbons (Fsp3) is 0.0769. The summed E-state index contributed by atoms with van der Waals surface area (Å²) in [5, 5.41) is 1.43. The summed E-state index contributed by atoms with van der Waals surface area (Å²) in [6, 6.07) is 19.9. The molecule has 29 heavy (non-hydrogen) atoms. The molecule has 0 amide bonds. The van der Waals surface area contributed by atoms with Gasteiger partial charge >= 0.3 is 0 Å². The molecule has 0 atom stereocenters. The summed E-state index contributed by atoms with van der Waals surface area (Å²) < 4.78 is 42.1. The normalized spacial score (nSPS) is 11.0. The van der Waals surface area contributed by atoms with Gasteiger partial charge in [0.2, 0.25) is 0 Å². The molecule has 0 bridgehead atoms. The van der Waals surface area contributed by atoms with Crippen molar-refractivity contribution in [3.05, 3.63) is 108 Å². The predicted octanol–water partition coefficient (Wildman–Crippen LogP) is 7.71. The van der Waals surface area contributed by atoms with E-state index in [4.69, 9.17) is 0 Å². The van der Waals surface area contributed by atoms with Gasteiger partial charge < -0.3 is 0 Å². The van der Waals surface area contributed by atoms with Crippen LogP contribution in [0.4, 0.5) is 13.2 Å². The summed E-state index contributed by atoms with van der Waals surface area (Å²) in [5.74, 6) is -1.53. The van der Waals surface area contributed by atoms with Crippen molar-refractivity contribution in [1.82, 2.24) is 0 Å². The van der Waals surface area contributed by atoms with Gasteiger partial charge in [-0.1, -0.05) is 60.7 Å². The minimum Gasteiger partial charge on any atom is -0.207 e. The standard InChI is InChI=1S/C26H19F3/c1-2-3-4-17-5-11-25-20(13-17)10-12-24(26(25)29)19-8-6-18(7-9-19)21-14-22(27)16-23(28)15-21/h2,5-16H,1,3-4H2. The molecule has 0 aliphatic carbocycles. The maximum Gasteiger partial charge on any atom is 0.138 e. The van der Waals surface area contributed by atoms with Crippen LogP contribution < -0.4 is 0 Å². The van der Waals surface area contributed by atoms with Crippen LogP contribution in [-0.2, 0) is 6.42 Å². The number of benzene rings is 4. The zero-order chi connectivity index (χ0) is 20.4. The molecular weight excluding hydrogens is 369 g/mol. The van der Waals surface area contributed by atoms with Gasteiger partial charge in [0.25, 0.3) is 0 Å². The average molecular weight is 388 g/mol. The first-order valence-corrected chi connectivity index (χ1v) is 9.44. The molecule has 0 spiro atoms. The Kier molecular flexibility index (Phi) is 5.22. The van der Waals surface area contributed by atoms with Crippen molar-refractivity contribution in [2.45, 2.75) is 12.8 Å². The van der Waals surface area contributed by atoms with Crippen LogP contribution in [0, 0.1) is 17.5 Å². The smallest absolute Gasteiger partial charge is 0.138 e. The van der Waals surface area contributed by atoms with Crippen molar-refractivity contribution in [3.8, 4) is 22.3 Å². The molecule has 0 aliphatic heterocycles. The van der Waals surface area contributed by atoms with E-state index in [1.165, 1.54) is 12.1 Å². The van der Waals surface area contributed by atoms with Crippen LogP contribution in [0.25, 0.3) is 33.0 Å². The van der Waals surface area contributed by atoms with E-state index in [9.17, 15) is 8.78 Å². The molecule has 4 aromatic rings. The molecular formula is C26H19F3. The average Bonchev–Trinajstić information content (AvgIpc) is 2.72. The predicted molar refractivity (Wildman–Crippen MR) is 113 cm³/mol. The Bertz CT molecular complexity index is 1170. The first kappa shape index (κ1) is 19.0. The Morgan fingerprint density at radius 3 is 2.07 bits per heavy atom. The minimum atomic E-state index is -0.628. The summed E-state index contributed by atoms with van der Waals surface area (Å²) in [5.41, 5.74) is 3.46. The molecule has 0 unspecified atom stereocenters. The van der Waals surface area contributed by atoms with E-state index in [1.54, 1.807) is 30.3 Å². The first-order chi connectivity index (χ1) is 14.0. The summed E-state index contributed by atoms with van der Waals surface area (Å²) in [6.07, 6.45) is 3.63. The van der Waals surface area contributed by atoms with Gasteiger partial charge in [0, 0.05) is 17.0 Å². The van der Waals surface area contributed by atoms with E-state index in [0.717, 1.165) is 29.9 Å². The van der Waals surface area contributed by atoms with Gasteiger partial charge in [0.1, 0.15) is 17.5 Å². The van der Waals surface area contributed by atoms with E-state index in [-0.39, 0.29) is 5.82 Å². The number of hydrogen-bond donors (Lipinski definition) is 0. The lowest BCUT2D eigenvalue weighted by molar-refractivity contribution is 0.584. The molecule has 0 fully saturated rings. The van der Waals surface area contributed by atoms with Crippen molar-refractivity contribution >= 4 is 10.8 Å². The number of aryl methyl sites for hydroxylation is 1. The lowest BCUT2D eigenvalue weighted by atomic mass is 9.96. The molecule has 0 saturated heterocycles. The van der Waals surface area contributed by atoms with E-state index in [1.807, 2.05) is 30.3 Å². The second-order valence-electron chi connectivity index (χ2n) is 7.05. The molecule has 0 aliphatic rings. The monoisotopic (exact) mass is 388 g/mol. The largest absolute Gasteiger partial charge is 0.207 e. The van der Waals surface area contributed by atoms with E-state index >= 15 is 4.39 Å². The van der Waals surface area contributed by atoms with Crippen molar-refractivity contribution in [3.63, 3.8) is 0 Å². The van der Waals surface area contributed by atoms with Crippen LogP contribution in [0.2, 0.25) is 0 Å².